The molecular weight excluding hydrogens is 238 g/mol. The lowest BCUT2D eigenvalue weighted by Gasteiger charge is -2.17. The Morgan fingerprint density at radius 1 is 1.37 bits per heavy atom. The maximum absolute atomic E-state index is 5.65. The monoisotopic (exact) mass is 261 g/mol. The van der Waals surface area contributed by atoms with Crippen molar-refractivity contribution in [2.45, 2.75) is 46.7 Å². The number of imidazole rings is 1. The second kappa shape index (κ2) is 6.06. The van der Waals surface area contributed by atoms with Gasteiger partial charge in [-0.1, -0.05) is 6.92 Å². The first-order chi connectivity index (χ1) is 9.15. The summed E-state index contributed by atoms with van der Waals surface area (Å²) in [6.45, 7) is 10.2. The highest BCUT2D eigenvalue weighted by atomic mass is 16.3. The van der Waals surface area contributed by atoms with Gasteiger partial charge in [0.2, 0.25) is 0 Å². The first-order valence-corrected chi connectivity index (χ1v) is 6.96. The number of nitrogens with zero attached hydrogens (tertiary/aromatic N) is 2. The number of hydrogen-bond donors (Lipinski definition) is 1. The zero-order valence-electron chi connectivity index (χ0n) is 12.2. The van der Waals surface area contributed by atoms with Crippen molar-refractivity contribution >= 4 is 0 Å². The Hall–Kier alpha value is -1.55. The van der Waals surface area contributed by atoms with Gasteiger partial charge in [-0.25, -0.2) is 4.98 Å². The summed E-state index contributed by atoms with van der Waals surface area (Å²) in [6.07, 6.45) is 4.79. The van der Waals surface area contributed by atoms with Crippen LogP contribution < -0.4 is 5.32 Å². The lowest BCUT2D eigenvalue weighted by Crippen LogP contribution is -2.24. The quantitative estimate of drug-likeness (QED) is 0.869. The van der Waals surface area contributed by atoms with Crippen LogP contribution in [-0.2, 0) is 13.0 Å². The molecule has 0 spiro atoms. The third-order valence-electron chi connectivity index (χ3n) is 3.43. The van der Waals surface area contributed by atoms with Gasteiger partial charge in [0.15, 0.2) is 0 Å². The highest BCUT2D eigenvalue weighted by Crippen LogP contribution is 2.24. The Bertz CT molecular complexity index is 527. The molecule has 0 aromatic carbocycles. The van der Waals surface area contributed by atoms with Crippen LogP contribution in [-0.4, -0.2) is 16.1 Å². The molecule has 2 heterocycles. The number of nitrogens with one attached hydrogen (secondary N) is 1. The van der Waals surface area contributed by atoms with Gasteiger partial charge in [0.05, 0.1) is 0 Å². The number of hydrogen-bond acceptors (Lipinski definition) is 3. The molecule has 0 aliphatic heterocycles. The molecule has 0 saturated carbocycles. The van der Waals surface area contributed by atoms with Crippen molar-refractivity contribution in [3.05, 3.63) is 41.4 Å². The smallest absolute Gasteiger partial charge is 0.110 e. The standard InChI is InChI=1S/C15H23N3O/c1-5-16-14(13-9-11(3)19-12(13)4)10-15-17-7-8-18(15)6-2/h7-9,14,16H,5-6,10H2,1-4H3. The summed E-state index contributed by atoms with van der Waals surface area (Å²) >= 11 is 0. The molecule has 4 heteroatoms. The van der Waals surface area contributed by atoms with Gasteiger partial charge in [-0.2, -0.15) is 0 Å². The van der Waals surface area contributed by atoms with Gasteiger partial charge in [0, 0.05) is 37.0 Å². The van der Waals surface area contributed by atoms with Crippen LogP contribution in [0.1, 0.15) is 42.8 Å². The van der Waals surface area contributed by atoms with Gasteiger partial charge in [-0.15, -0.1) is 0 Å². The molecule has 0 saturated heterocycles. The minimum atomic E-state index is 0.259. The molecule has 0 aliphatic rings. The van der Waals surface area contributed by atoms with Gasteiger partial charge >= 0.3 is 0 Å². The summed E-state index contributed by atoms with van der Waals surface area (Å²) in [5.74, 6) is 3.08. The van der Waals surface area contributed by atoms with Crippen molar-refractivity contribution in [3.8, 4) is 0 Å². The van der Waals surface area contributed by atoms with E-state index >= 15 is 0 Å². The summed E-state index contributed by atoms with van der Waals surface area (Å²) < 4.78 is 7.84. The molecule has 104 valence electrons. The molecule has 0 radical (unpaired) electrons. The molecule has 2 rings (SSSR count). The van der Waals surface area contributed by atoms with Gasteiger partial charge in [-0.3, -0.25) is 0 Å². The van der Waals surface area contributed by atoms with E-state index in [1.54, 1.807) is 0 Å². The van der Waals surface area contributed by atoms with Crippen molar-refractivity contribution in [3.63, 3.8) is 0 Å². The Kier molecular flexibility index (Phi) is 4.43. The average Bonchev–Trinajstić information content (AvgIpc) is 2.95. The Morgan fingerprint density at radius 2 is 2.16 bits per heavy atom. The number of rotatable bonds is 6. The van der Waals surface area contributed by atoms with Gasteiger partial charge in [0.1, 0.15) is 17.3 Å². The Balaban J connectivity index is 2.23. The highest BCUT2D eigenvalue weighted by molar-refractivity contribution is 5.25. The van der Waals surface area contributed by atoms with E-state index in [9.17, 15) is 0 Å². The number of likely N-dealkylation sites (N-methyl/N-ethyl adjacent to an activating group) is 1. The zero-order valence-corrected chi connectivity index (χ0v) is 12.2. The maximum atomic E-state index is 5.65. The summed E-state index contributed by atoms with van der Waals surface area (Å²) in [5, 5.41) is 3.53. The van der Waals surface area contributed by atoms with E-state index in [4.69, 9.17) is 4.42 Å². The molecule has 0 amide bonds. The van der Waals surface area contributed by atoms with E-state index in [-0.39, 0.29) is 6.04 Å². The van der Waals surface area contributed by atoms with Crippen LogP contribution in [0.4, 0.5) is 0 Å². The molecule has 0 bridgehead atoms. The molecule has 1 N–H and O–H groups in total. The van der Waals surface area contributed by atoms with Gasteiger partial charge in [-0.05, 0) is 33.4 Å². The van der Waals surface area contributed by atoms with Crippen LogP contribution in [0.25, 0.3) is 0 Å². The van der Waals surface area contributed by atoms with Crippen LogP contribution in [0.2, 0.25) is 0 Å². The third kappa shape index (κ3) is 3.07. The topological polar surface area (TPSA) is 43.0 Å². The van der Waals surface area contributed by atoms with Crippen molar-refractivity contribution in [2.24, 2.45) is 0 Å². The number of aromatic nitrogens is 2. The second-order valence-electron chi connectivity index (χ2n) is 4.81. The van der Waals surface area contributed by atoms with E-state index in [2.05, 4.69) is 34.8 Å². The highest BCUT2D eigenvalue weighted by Gasteiger charge is 2.18. The predicted molar refractivity (Wildman–Crippen MR) is 76.2 cm³/mol. The minimum absolute atomic E-state index is 0.259. The molecule has 2 aromatic heterocycles. The minimum Gasteiger partial charge on any atom is -0.466 e. The summed E-state index contributed by atoms with van der Waals surface area (Å²) in [7, 11) is 0. The fraction of sp³-hybridized carbons (Fsp3) is 0.533. The summed E-state index contributed by atoms with van der Waals surface area (Å²) in [6, 6.07) is 2.39. The van der Waals surface area contributed by atoms with E-state index in [0.717, 1.165) is 36.9 Å². The van der Waals surface area contributed by atoms with Crippen molar-refractivity contribution in [2.75, 3.05) is 6.54 Å². The average molecular weight is 261 g/mol. The summed E-state index contributed by atoms with van der Waals surface area (Å²) in [4.78, 5) is 4.46. The van der Waals surface area contributed by atoms with E-state index in [0.29, 0.717) is 0 Å². The van der Waals surface area contributed by atoms with E-state index in [1.807, 2.05) is 26.2 Å². The lowest BCUT2D eigenvalue weighted by molar-refractivity contribution is 0.478. The second-order valence-corrected chi connectivity index (χ2v) is 4.81. The lowest BCUT2D eigenvalue weighted by atomic mass is 10.0. The first-order valence-electron chi connectivity index (χ1n) is 6.96. The van der Waals surface area contributed by atoms with Crippen LogP contribution >= 0.6 is 0 Å². The number of furan rings is 1. The van der Waals surface area contributed by atoms with E-state index in [1.165, 1.54) is 5.56 Å². The Morgan fingerprint density at radius 3 is 2.74 bits per heavy atom. The molecule has 1 unspecified atom stereocenters. The SMILES string of the molecule is CCNC(Cc1nccn1CC)c1cc(C)oc1C. The zero-order chi connectivity index (χ0) is 13.8. The Labute approximate surface area is 114 Å². The van der Waals surface area contributed by atoms with Crippen LogP contribution in [0, 0.1) is 13.8 Å². The molecule has 4 nitrogen and oxygen atoms in total. The molecule has 0 aliphatic carbocycles. The first kappa shape index (κ1) is 13.9. The fourth-order valence-electron chi connectivity index (χ4n) is 2.54. The number of aryl methyl sites for hydroxylation is 3. The van der Waals surface area contributed by atoms with Crippen LogP contribution in [0.15, 0.2) is 22.9 Å². The molecule has 0 fully saturated rings. The van der Waals surface area contributed by atoms with E-state index < -0.39 is 0 Å². The summed E-state index contributed by atoms with van der Waals surface area (Å²) in [5.41, 5.74) is 1.24. The molecule has 2 aromatic rings. The third-order valence-corrected chi connectivity index (χ3v) is 3.43. The van der Waals surface area contributed by atoms with Crippen molar-refractivity contribution < 1.29 is 4.42 Å². The predicted octanol–water partition coefficient (Wildman–Crippen LogP) is 3.01. The normalized spacial score (nSPS) is 12.8. The van der Waals surface area contributed by atoms with Gasteiger partial charge in [0.25, 0.3) is 0 Å². The molecule has 1 atom stereocenters. The van der Waals surface area contributed by atoms with Gasteiger partial charge < -0.3 is 14.3 Å². The van der Waals surface area contributed by atoms with Crippen molar-refractivity contribution in [1.82, 2.24) is 14.9 Å². The molecule has 19 heavy (non-hydrogen) atoms. The maximum Gasteiger partial charge on any atom is 0.110 e. The van der Waals surface area contributed by atoms with Crippen LogP contribution in [0.5, 0.6) is 0 Å². The van der Waals surface area contributed by atoms with Crippen molar-refractivity contribution in [1.29, 1.82) is 0 Å². The fourth-order valence-corrected chi connectivity index (χ4v) is 2.54. The largest absolute Gasteiger partial charge is 0.466 e. The van der Waals surface area contributed by atoms with Crippen LogP contribution in [0.3, 0.4) is 0 Å². The molecular formula is C15H23N3O.